The Morgan fingerprint density at radius 1 is 1.12 bits per heavy atom. The van der Waals surface area contributed by atoms with E-state index in [2.05, 4.69) is 37.5 Å². The Kier molecular flexibility index (Phi) is 2.92. The lowest BCUT2D eigenvalue weighted by atomic mass is 9.89. The first kappa shape index (κ1) is 11.7. The fourth-order valence-electron chi connectivity index (χ4n) is 1.83. The van der Waals surface area contributed by atoms with Gasteiger partial charge in [0.15, 0.2) is 0 Å². The molecule has 0 saturated heterocycles. The van der Waals surface area contributed by atoms with E-state index in [1.165, 1.54) is 0 Å². The van der Waals surface area contributed by atoms with E-state index in [9.17, 15) is 4.79 Å². The number of hydrogen-bond acceptors (Lipinski definition) is 1. The summed E-state index contributed by atoms with van der Waals surface area (Å²) >= 11 is 0. The quantitative estimate of drug-likeness (QED) is 0.765. The lowest BCUT2D eigenvalue weighted by Gasteiger charge is -2.31. The van der Waals surface area contributed by atoms with Gasteiger partial charge in [0, 0.05) is 11.1 Å². The Labute approximate surface area is 102 Å². The second-order valence-electron chi connectivity index (χ2n) is 5.32. The molecular formula is C14H18N2O. The summed E-state index contributed by atoms with van der Waals surface area (Å²) in [7, 11) is 0. The van der Waals surface area contributed by atoms with Crippen molar-refractivity contribution in [1.29, 1.82) is 0 Å². The van der Waals surface area contributed by atoms with Crippen LogP contribution in [0.3, 0.4) is 0 Å². The van der Waals surface area contributed by atoms with Gasteiger partial charge in [0.05, 0.1) is 6.04 Å². The third-order valence-electron chi connectivity index (χ3n) is 2.83. The summed E-state index contributed by atoms with van der Waals surface area (Å²) in [5.41, 5.74) is 2.02. The van der Waals surface area contributed by atoms with Crippen LogP contribution in [0.1, 0.15) is 32.4 Å². The number of rotatable bonds is 1. The van der Waals surface area contributed by atoms with Gasteiger partial charge in [0.1, 0.15) is 0 Å². The smallest absolute Gasteiger partial charge is 0.319 e. The van der Waals surface area contributed by atoms with Crippen LogP contribution in [0.15, 0.2) is 42.1 Å². The molecule has 3 heteroatoms. The molecule has 0 aromatic heterocycles. The molecule has 2 rings (SSSR count). The highest BCUT2D eigenvalue weighted by Crippen LogP contribution is 2.28. The minimum absolute atomic E-state index is 0.0424. The van der Waals surface area contributed by atoms with Crippen LogP contribution in [-0.2, 0) is 0 Å². The zero-order valence-electron chi connectivity index (χ0n) is 10.4. The van der Waals surface area contributed by atoms with E-state index in [1.807, 2.05) is 30.3 Å². The molecule has 0 spiro atoms. The molecule has 1 aromatic rings. The van der Waals surface area contributed by atoms with Gasteiger partial charge in [-0.25, -0.2) is 4.79 Å². The van der Waals surface area contributed by atoms with Crippen LogP contribution in [0.5, 0.6) is 0 Å². The maximum Gasteiger partial charge on any atom is 0.319 e. The summed E-state index contributed by atoms with van der Waals surface area (Å²) in [5, 5.41) is 5.78. The van der Waals surface area contributed by atoms with Gasteiger partial charge < -0.3 is 10.6 Å². The molecule has 1 atom stereocenters. The predicted molar refractivity (Wildman–Crippen MR) is 68.4 cm³/mol. The van der Waals surface area contributed by atoms with Crippen molar-refractivity contribution in [2.45, 2.75) is 26.8 Å². The van der Waals surface area contributed by atoms with Crippen molar-refractivity contribution in [3.8, 4) is 0 Å². The summed E-state index contributed by atoms with van der Waals surface area (Å²) in [4.78, 5) is 11.6. The zero-order valence-corrected chi connectivity index (χ0v) is 10.4. The molecule has 90 valence electrons. The monoisotopic (exact) mass is 230 g/mol. The van der Waals surface area contributed by atoms with E-state index >= 15 is 0 Å². The minimum Gasteiger partial charge on any atom is -0.327 e. The van der Waals surface area contributed by atoms with Crippen LogP contribution in [-0.4, -0.2) is 6.03 Å². The van der Waals surface area contributed by atoms with Crippen molar-refractivity contribution >= 4 is 6.03 Å². The summed E-state index contributed by atoms with van der Waals surface area (Å²) in [6.07, 6.45) is 2.08. The number of hydrogen-bond donors (Lipinski definition) is 2. The van der Waals surface area contributed by atoms with Gasteiger partial charge in [-0.2, -0.15) is 0 Å². The molecule has 0 saturated carbocycles. The number of amides is 2. The highest BCUT2D eigenvalue weighted by molar-refractivity contribution is 5.78. The Hall–Kier alpha value is -1.77. The number of nitrogens with one attached hydrogen (secondary N) is 2. The summed E-state index contributed by atoms with van der Waals surface area (Å²) in [6, 6.07) is 9.80. The lowest BCUT2D eigenvalue weighted by molar-refractivity contribution is 0.236. The molecule has 1 unspecified atom stereocenters. The van der Waals surface area contributed by atoms with Gasteiger partial charge >= 0.3 is 6.03 Å². The Bertz CT molecular complexity index is 443. The van der Waals surface area contributed by atoms with Crippen molar-refractivity contribution in [3.05, 3.63) is 47.7 Å². The van der Waals surface area contributed by atoms with Gasteiger partial charge in [-0.3, -0.25) is 0 Å². The van der Waals surface area contributed by atoms with Crippen molar-refractivity contribution in [3.63, 3.8) is 0 Å². The van der Waals surface area contributed by atoms with Crippen LogP contribution in [0.4, 0.5) is 4.79 Å². The fraction of sp³-hybridized carbons (Fsp3) is 0.357. The predicted octanol–water partition coefficient (Wildman–Crippen LogP) is 2.97. The van der Waals surface area contributed by atoms with Gasteiger partial charge in [-0.05, 0) is 11.6 Å². The summed E-state index contributed by atoms with van der Waals surface area (Å²) < 4.78 is 0. The Balaban J connectivity index is 2.33. The normalized spacial score (nSPS) is 20.3. The number of carbonyl (C=O) groups is 1. The molecule has 0 bridgehead atoms. The molecular weight excluding hydrogens is 212 g/mol. The van der Waals surface area contributed by atoms with Crippen LogP contribution in [0, 0.1) is 5.41 Å². The van der Waals surface area contributed by atoms with Crippen molar-refractivity contribution in [2.75, 3.05) is 0 Å². The molecule has 1 aromatic carbocycles. The molecule has 0 fully saturated rings. The molecule has 2 N–H and O–H groups in total. The van der Waals surface area contributed by atoms with E-state index in [-0.39, 0.29) is 17.5 Å². The first-order valence-corrected chi connectivity index (χ1v) is 5.81. The molecule has 2 amide bonds. The van der Waals surface area contributed by atoms with Crippen molar-refractivity contribution in [2.24, 2.45) is 5.41 Å². The first-order chi connectivity index (χ1) is 7.97. The van der Waals surface area contributed by atoms with Crippen LogP contribution in [0.2, 0.25) is 0 Å². The van der Waals surface area contributed by atoms with Crippen LogP contribution in [0.25, 0.3) is 0 Å². The van der Waals surface area contributed by atoms with Crippen molar-refractivity contribution in [1.82, 2.24) is 10.6 Å². The van der Waals surface area contributed by atoms with E-state index in [0.29, 0.717) is 0 Å². The zero-order chi connectivity index (χ0) is 12.5. The molecule has 1 heterocycles. The van der Waals surface area contributed by atoms with E-state index in [0.717, 1.165) is 11.3 Å². The highest BCUT2D eigenvalue weighted by Gasteiger charge is 2.26. The number of urea groups is 1. The van der Waals surface area contributed by atoms with Gasteiger partial charge in [0.2, 0.25) is 0 Å². The number of benzene rings is 1. The largest absolute Gasteiger partial charge is 0.327 e. The third-order valence-corrected chi connectivity index (χ3v) is 2.83. The standard InChI is InChI=1S/C14H18N2O/c1-14(2,3)12-9-11(15-13(17)16-12)10-7-5-4-6-8-10/h4-9,11H,1-3H3,(H2,15,16,17). The fourth-order valence-corrected chi connectivity index (χ4v) is 1.83. The van der Waals surface area contributed by atoms with Gasteiger partial charge in [-0.1, -0.05) is 51.1 Å². The Morgan fingerprint density at radius 3 is 2.35 bits per heavy atom. The average Bonchev–Trinajstić information content (AvgIpc) is 2.28. The second-order valence-corrected chi connectivity index (χ2v) is 5.32. The van der Waals surface area contributed by atoms with E-state index in [1.54, 1.807) is 0 Å². The summed E-state index contributed by atoms with van der Waals surface area (Å²) in [6.45, 7) is 6.27. The van der Waals surface area contributed by atoms with Crippen LogP contribution >= 0.6 is 0 Å². The van der Waals surface area contributed by atoms with Crippen molar-refractivity contribution < 1.29 is 4.79 Å². The molecule has 1 aliphatic rings. The highest BCUT2D eigenvalue weighted by atomic mass is 16.2. The maximum atomic E-state index is 11.6. The molecule has 0 aliphatic carbocycles. The first-order valence-electron chi connectivity index (χ1n) is 5.81. The lowest BCUT2D eigenvalue weighted by Crippen LogP contribution is -2.44. The molecule has 3 nitrogen and oxygen atoms in total. The topological polar surface area (TPSA) is 41.1 Å². The molecule has 17 heavy (non-hydrogen) atoms. The minimum atomic E-state index is -0.133. The maximum absolute atomic E-state index is 11.6. The third kappa shape index (κ3) is 2.67. The summed E-state index contributed by atoms with van der Waals surface area (Å²) in [5.74, 6) is 0. The van der Waals surface area contributed by atoms with E-state index in [4.69, 9.17) is 0 Å². The Morgan fingerprint density at radius 2 is 1.76 bits per heavy atom. The second kappa shape index (κ2) is 4.24. The SMILES string of the molecule is CC(C)(C)C1=CC(c2ccccc2)NC(=O)N1. The van der Waals surface area contributed by atoms with E-state index < -0.39 is 0 Å². The molecule has 1 aliphatic heterocycles. The van der Waals surface area contributed by atoms with Gasteiger partial charge in [-0.15, -0.1) is 0 Å². The van der Waals surface area contributed by atoms with Gasteiger partial charge in [0.25, 0.3) is 0 Å². The molecule has 0 radical (unpaired) electrons. The average molecular weight is 230 g/mol. The number of allylic oxidation sites excluding steroid dienone is 1. The number of carbonyl (C=O) groups excluding carboxylic acids is 1. The van der Waals surface area contributed by atoms with Crippen LogP contribution < -0.4 is 10.6 Å².